The number of hydrogen-bond donors (Lipinski definition) is 1. The molecule has 7 heteroatoms. The molecule has 1 fully saturated rings. The van der Waals surface area contributed by atoms with Crippen molar-refractivity contribution in [1.29, 1.82) is 0 Å². The van der Waals surface area contributed by atoms with Crippen molar-refractivity contribution in [3.05, 3.63) is 57.4 Å². The van der Waals surface area contributed by atoms with E-state index in [0.717, 1.165) is 30.5 Å². The van der Waals surface area contributed by atoms with Crippen molar-refractivity contribution in [2.24, 2.45) is 0 Å². The minimum Gasteiger partial charge on any atom is -0.472 e. The number of furan rings is 1. The van der Waals surface area contributed by atoms with Crippen LogP contribution < -0.4 is 5.56 Å². The monoisotopic (exact) mass is 341 g/mol. The maximum Gasteiger partial charge on any atom is 0.261 e. The highest BCUT2D eigenvalue weighted by Gasteiger charge is 2.28. The van der Waals surface area contributed by atoms with Crippen LogP contribution in [0.5, 0.6) is 0 Å². The second-order valence-electron chi connectivity index (χ2n) is 6.47. The Morgan fingerprint density at radius 3 is 2.44 bits per heavy atom. The molecule has 2 aromatic rings. The fraction of sp³-hybridized carbons (Fsp3) is 0.389. The molecule has 1 N–H and O–H groups in total. The number of carbonyl (C=O) groups is 2. The van der Waals surface area contributed by atoms with E-state index in [1.54, 1.807) is 21.9 Å². The van der Waals surface area contributed by atoms with E-state index in [4.69, 9.17) is 4.42 Å². The Morgan fingerprint density at radius 2 is 1.76 bits per heavy atom. The summed E-state index contributed by atoms with van der Waals surface area (Å²) in [6.45, 7) is 1.72. The number of aromatic amines is 1. The van der Waals surface area contributed by atoms with Gasteiger partial charge in [0, 0.05) is 31.9 Å². The van der Waals surface area contributed by atoms with E-state index in [0.29, 0.717) is 31.7 Å². The topological polar surface area (TPSA) is 86.6 Å². The number of amides is 2. The smallest absolute Gasteiger partial charge is 0.261 e. The lowest BCUT2D eigenvalue weighted by molar-refractivity contribution is 0.0534. The molecule has 1 aliphatic carbocycles. The molecule has 7 nitrogen and oxygen atoms in total. The van der Waals surface area contributed by atoms with Gasteiger partial charge in [-0.2, -0.15) is 0 Å². The van der Waals surface area contributed by atoms with Gasteiger partial charge in [0.05, 0.1) is 11.8 Å². The molecule has 0 unspecified atom stereocenters. The molecule has 1 saturated heterocycles. The van der Waals surface area contributed by atoms with Gasteiger partial charge >= 0.3 is 0 Å². The summed E-state index contributed by atoms with van der Waals surface area (Å²) in [6.07, 6.45) is 5.67. The lowest BCUT2D eigenvalue weighted by atomic mass is 10.1. The molecule has 0 atom stereocenters. The third-order valence-corrected chi connectivity index (χ3v) is 4.94. The van der Waals surface area contributed by atoms with Gasteiger partial charge in [0.1, 0.15) is 11.8 Å². The Labute approximate surface area is 144 Å². The molecular weight excluding hydrogens is 322 g/mol. The zero-order valence-corrected chi connectivity index (χ0v) is 13.8. The third kappa shape index (κ3) is 2.86. The molecule has 2 aromatic heterocycles. The zero-order valence-electron chi connectivity index (χ0n) is 13.8. The number of hydrogen-bond acceptors (Lipinski definition) is 4. The SMILES string of the molecule is O=C(c1ccoc1)N1CCN(C(=O)c2cc3c([nH]c2=O)CCC3)CC1. The van der Waals surface area contributed by atoms with E-state index in [2.05, 4.69) is 4.98 Å². The quantitative estimate of drug-likeness (QED) is 0.885. The molecule has 1 aliphatic heterocycles. The zero-order chi connectivity index (χ0) is 17.4. The maximum absolute atomic E-state index is 12.7. The van der Waals surface area contributed by atoms with Crippen LogP contribution in [0.1, 0.15) is 38.4 Å². The summed E-state index contributed by atoms with van der Waals surface area (Å²) in [7, 11) is 0. The highest BCUT2D eigenvalue weighted by Crippen LogP contribution is 2.19. The summed E-state index contributed by atoms with van der Waals surface area (Å²) >= 11 is 0. The Morgan fingerprint density at radius 1 is 1.04 bits per heavy atom. The first-order valence-corrected chi connectivity index (χ1v) is 8.49. The van der Waals surface area contributed by atoms with E-state index in [1.807, 2.05) is 0 Å². The van der Waals surface area contributed by atoms with Gasteiger partial charge in [0.25, 0.3) is 17.4 Å². The summed E-state index contributed by atoms with van der Waals surface area (Å²) in [5, 5.41) is 0. The molecule has 130 valence electrons. The van der Waals surface area contributed by atoms with Crippen molar-refractivity contribution < 1.29 is 14.0 Å². The van der Waals surface area contributed by atoms with Crippen LogP contribution in [0, 0.1) is 0 Å². The van der Waals surface area contributed by atoms with Crippen LogP contribution in [0.25, 0.3) is 0 Å². The summed E-state index contributed by atoms with van der Waals surface area (Å²) < 4.78 is 4.94. The fourth-order valence-electron chi connectivity index (χ4n) is 3.52. The number of piperazine rings is 1. The summed E-state index contributed by atoms with van der Waals surface area (Å²) in [5.74, 6) is -0.359. The third-order valence-electron chi connectivity index (χ3n) is 4.94. The van der Waals surface area contributed by atoms with E-state index < -0.39 is 0 Å². The molecule has 0 saturated carbocycles. The molecule has 2 amide bonds. The highest BCUT2D eigenvalue weighted by atomic mass is 16.3. The van der Waals surface area contributed by atoms with Crippen LogP contribution in [-0.2, 0) is 12.8 Å². The van der Waals surface area contributed by atoms with E-state index in [9.17, 15) is 14.4 Å². The number of nitrogens with zero attached hydrogens (tertiary/aromatic N) is 2. The first-order valence-electron chi connectivity index (χ1n) is 8.49. The molecule has 25 heavy (non-hydrogen) atoms. The van der Waals surface area contributed by atoms with Crippen LogP contribution in [0.15, 0.2) is 33.9 Å². The van der Waals surface area contributed by atoms with Crippen LogP contribution >= 0.6 is 0 Å². The Balaban J connectivity index is 1.45. The molecule has 3 heterocycles. The number of H-pyrrole nitrogens is 1. The van der Waals surface area contributed by atoms with Gasteiger partial charge in [-0.25, -0.2) is 0 Å². The predicted octanol–water partition coefficient (Wildman–Crippen LogP) is 1.05. The van der Waals surface area contributed by atoms with Crippen molar-refractivity contribution in [1.82, 2.24) is 14.8 Å². The molecule has 4 rings (SSSR count). The fourth-order valence-corrected chi connectivity index (χ4v) is 3.52. The maximum atomic E-state index is 12.7. The van der Waals surface area contributed by atoms with Crippen LogP contribution in [0.2, 0.25) is 0 Å². The van der Waals surface area contributed by atoms with Gasteiger partial charge in [0.15, 0.2) is 0 Å². The van der Waals surface area contributed by atoms with Gasteiger partial charge in [-0.05, 0) is 37.0 Å². The van der Waals surface area contributed by atoms with Crippen molar-refractivity contribution in [2.45, 2.75) is 19.3 Å². The summed E-state index contributed by atoms with van der Waals surface area (Å²) in [4.78, 5) is 43.4. The van der Waals surface area contributed by atoms with Crippen molar-refractivity contribution in [3.8, 4) is 0 Å². The Kier molecular flexibility index (Phi) is 3.91. The lowest BCUT2D eigenvalue weighted by Gasteiger charge is -2.34. The average Bonchev–Trinajstić information content (AvgIpc) is 3.31. The van der Waals surface area contributed by atoms with Crippen molar-refractivity contribution >= 4 is 11.8 Å². The standard InChI is InChI=1S/C18H19N3O4/c22-16-14(10-12-2-1-3-15(12)19-16)18(24)21-7-5-20(6-8-21)17(23)13-4-9-25-11-13/h4,9-11H,1-3,5-8H2,(H,19,22). The van der Waals surface area contributed by atoms with E-state index in [-0.39, 0.29) is 22.9 Å². The van der Waals surface area contributed by atoms with Crippen LogP contribution in [-0.4, -0.2) is 52.8 Å². The summed E-state index contributed by atoms with van der Waals surface area (Å²) in [5.41, 5.74) is 2.42. The number of pyridine rings is 1. The van der Waals surface area contributed by atoms with Gasteiger partial charge in [-0.3, -0.25) is 14.4 Å². The molecule has 0 bridgehead atoms. The largest absolute Gasteiger partial charge is 0.472 e. The number of carbonyl (C=O) groups excluding carboxylic acids is 2. The van der Waals surface area contributed by atoms with Gasteiger partial charge in [-0.15, -0.1) is 0 Å². The first-order chi connectivity index (χ1) is 12.1. The number of aryl methyl sites for hydroxylation is 2. The first kappa shape index (κ1) is 15.7. The number of rotatable bonds is 2. The van der Waals surface area contributed by atoms with E-state index in [1.165, 1.54) is 12.5 Å². The Hall–Kier alpha value is -2.83. The van der Waals surface area contributed by atoms with E-state index >= 15 is 0 Å². The molecular formula is C18H19N3O4. The number of aromatic nitrogens is 1. The van der Waals surface area contributed by atoms with Crippen LogP contribution in [0.4, 0.5) is 0 Å². The molecule has 2 aliphatic rings. The van der Waals surface area contributed by atoms with Gasteiger partial charge in [-0.1, -0.05) is 0 Å². The van der Waals surface area contributed by atoms with Gasteiger partial charge in [0.2, 0.25) is 0 Å². The number of nitrogens with one attached hydrogen (secondary N) is 1. The summed E-state index contributed by atoms with van der Waals surface area (Å²) in [6, 6.07) is 3.37. The second-order valence-corrected chi connectivity index (χ2v) is 6.47. The Bertz CT molecular complexity index is 861. The second kappa shape index (κ2) is 6.23. The minimum atomic E-state index is -0.317. The average molecular weight is 341 g/mol. The molecule has 0 aromatic carbocycles. The lowest BCUT2D eigenvalue weighted by Crippen LogP contribution is -2.51. The minimum absolute atomic E-state index is 0.101. The predicted molar refractivity (Wildman–Crippen MR) is 89.6 cm³/mol. The molecule has 0 spiro atoms. The van der Waals surface area contributed by atoms with Crippen molar-refractivity contribution in [3.63, 3.8) is 0 Å². The van der Waals surface area contributed by atoms with Crippen LogP contribution in [0.3, 0.4) is 0 Å². The number of fused-ring (bicyclic) bond motifs is 1. The van der Waals surface area contributed by atoms with Crippen molar-refractivity contribution in [2.75, 3.05) is 26.2 Å². The highest BCUT2D eigenvalue weighted by molar-refractivity contribution is 5.95. The normalized spacial score (nSPS) is 16.8. The molecule has 0 radical (unpaired) electrons. The van der Waals surface area contributed by atoms with Gasteiger partial charge < -0.3 is 19.2 Å².